The zero-order valence-corrected chi connectivity index (χ0v) is 17.6. The van der Waals surface area contributed by atoms with Crippen molar-refractivity contribution in [2.45, 2.75) is 33.2 Å². The lowest BCUT2D eigenvalue weighted by atomic mass is 10.0. The predicted octanol–water partition coefficient (Wildman–Crippen LogP) is 3.74. The Kier molecular flexibility index (Phi) is 7.04. The van der Waals surface area contributed by atoms with Crippen LogP contribution in [0, 0.1) is 0 Å². The first-order chi connectivity index (χ1) is 13.9. The van der Waals surface area contributed by atoms with Crippen LogP contribution in [-0.2, 0) is 11.3 Å². The minimum absolute atomic E-state index is 0.00146. The van der Waals surface area contributed by atoms with Crippen LogP contribution in [-0.4, -0.2) is 54.3 Å². The molecule has 1 saturated heterocycles. The van der Waals surface area contributed by atoms with E-state index in [1.54, 1.807) is 24.3 Å². The molecule has 0 saturated carbocycles. The molecule has 3 rings (SSSR count). The van der Waals surface area contributed by atoms with Crippen LogP contribution in [0.15, 0.2) is 48.5 Å². The van der Waals surface area contributed by atoms with Crippen molar-refractivity contribution in [1.82, 2.24) is 9.80 Å². The minimum Gasteiger partial charge on any atom is -0.484 e. The molecule has 29 heavy (non-hydrogen) atoms. The van der Waals surface area contributed by atoms with Gasteiger partial charge in [-0.25, -0.2) is 0 Å². The Balaban J connectivity index is 1.42. The fourth-order valence-corrected chi connectivity index (χ4v) is 3.44. The van der Waals surface area contributed by atoms with Crippen molar-refractivity contribution >= 4 is 11.7 Å². The lowest BCUT2D eigenvalue weighted by Crippen LogP contribution is -2.49. The topological polar surface area (TPSA) is 49.9 Å². The number of carbonyl (C=O) groups excluding carboxylic acids is 2. The zero-order valence-electron chi connectivity index (χ0n) is 17.6. The predicted molar refractivity (Wildman–Crippen MR) is 114 cm³/mol. The fourth-order valence-electron chi connectivity index (χ4n) is 3.44. The van der Waals surface area contributed by atoms with Crippen molar-refractivity contribution in [3.05, 3.63) is 65.2 Å². The maximum atomic E-state index is 12.4. The maximum Gasteiger partial charge on any atom is 0.260 e. The van der Waals surface area contributed by atoms with Gasteiger partial charge in [0.25, 0.3) is 5.91 Å². The van der Waals surface area contributed by atoms with E-state index in [2.05, 4.69) is 43.0 Å². The number of hydrogen-bond donors (Lipinski definition) is 0. The van der Waals surface area contributed by atoms with Crippen LogP contribution in [0.2, 0.25) is 0 Å². The van der Waals surface area contributed by atoms with Gasteiger partial charge in [0, 0.05) is 38.3 Å². The molecule has 2 aromatic carbocycles. The highest BCUT2D eigenvalue weighted by Crippen LogP contribution is 2.17. The van der Waals surface area contributed by atoms with Gasteiger partial charge in [-0.15, -0.1) is 0 Å². The lowest BCUT2D eigenvalue weighted by molar-refractivity contribution is -0.135. The van der Waals surface area contributed by atoms with Crippen molar-refractivity contribution in [2.24, 2.45) is 0 Å². The summed E-state index contributed by atoms with van der Waals surface area (Å²) in [6.45, 7) is 10.0. The monoisotopic (exact) mass is 394 g/mol. The van der Waals surface area contributed by atoms with Crippen LogP contribution in [0.4, 0.5) is 0 Å². The van der Waals surface area contributed by atoms with Crippen LogP contribution in [0.25, 0.3) is 0 Å². The van der Waals surface area contributed by atoms with E-state index in [4.69, 9.17) is 4.74 Å². The highest BCUT2D eigenvalue weighted by Gasteiger charge is 2.21. The summed E-state index contributed by atoms with van der Waals surface area (Å²) in [4.78, 5) is 28.0. The molecule has 154 valence electrons. The van der Waals surface area contributed by atoms with Crippen molar-refractivity contribution in [2.75, 3.05) is 32.8 Å². The highest BCUT2D eigenvalue weighted by molar-refractivity contribution is 5.94. The first kappa shape index (κ1) is 21.1. The molecule has 1 fully saturated rings. The van der Waals surface area contributed by atoms with Crippen LogP contribution in [0.1, 0.15) is 48.2 Å². The van der Waals surface area contributed by atoms with E-state index in [1.807, 2.05) is 4.90 Å². The Morgan fingerprint density at radius 1 is 0.931 bits per heavy atom. The molecule has 0 aliphatic carbocycles. The van der Waals surface area contributed by atoms with Crippen LogP contribution in [0.5, 0.6) is 5.75 Å². The van der Waals surface area contributed by atoms with Crippen molar-refractivity contribution in [3.63, 3.8) is 0 Å². The molecule has 0 spiro atoms. The number of ether oxygens (including phenoxy) is 1. The molecule has 1 amide bonds. The van der Waals surface area contributed by atoms with Crippen molar-refractivity contribution in [3.8, 4) is 5.75 Å². The molecule has 0 bridgehead atoms. The van der Waals surface area contributed by atoms with Crippen LogP contribution in [0.3, 0.4) is 0 Å². The second kappa shape index (κ2) is 9.70. The molecular weight excluding hydrogens is 364 g/mol. The van der Waals surface area contributed by atoms with Gasteiger partial charge in [0.2, 0.25) is 0 Å². The second-order valence-corrected chi connectivity index (χ2v) is 7.92. The summed E-state index contributed by atoms with van der Waals surface area (Å²) in [6.07, 6.45) is 0. The number of benzene rings is 2. The third kappa shape index (κ3) is 5.91. The number of rotatable bonds is 7. The molecule has 1 heterocycles. The summed E-state index contributed by atoms with van der Waals surface area (Å²) in [7, 11) is 0. The van der Waals surface area contributed by atoms with Crippen LogP contribution < -0.4 is 4.74 Å². The van der Waals surface area contributed by atoms with E-state index in [1.165, 1.54) is 18.1 Å². The minimum atomic E-state index is 0.00146. The van der Waals surface area contributed by atoms with Gasteiger partial charge in [0.05, 0.1) is 0 Å². The average Bonchev–Trinajstić information content (AvgIpc) is 2.73. The highest BCUT2D eigenvalue weighted by atomic mass is 16.5. The Morgan fingerprint density at radius 3 is 2.10 bits per heavy atom. The summed E-state index contributed by atoms with van der Waals surface area (Å²) < 4.78 is 5.59. The molecule has 1 aliphatic rings. The molecule has 0 unspecified atom stereocenters. The Labute approximate surface area is 173 Å². The smallest absolute Gasteiger partial charge is 0.260 e. The number of carbonyl (C=O) groups is 2. The lowest BCUT2D eigenvalue weighted by Gasteiger charge is -2.34. The largest absolute Gasteiger partial charge is 0.484 e. The van der Waals surface area contributed by atoms with Crippen LogP contribution >= 0.6 is 0 Å². The molecule has 1 aliphatic heterocycles. The number of ketones is 1. The summed E-state index contributed by atoms with van der Waals surface area (Å²) in [5.41, 5.74) is 3.31. The zero-order chi connectivity index (χ0) is 20.8. The first-order valence-electron chi connectivity index (χ1n) is 10.2. The Morgan fingerprint density at radius 2 is 1.55 bits per heavy atom. The summed E-state index contributed by atoms with van der Waals surface area (Å²) in [5, 5.41) is 0. The van der Waals surface area contributed by atoms with Gasteiger partial charge in [-0.1, -0.05) is 38.1 Å². The number of amides is 1. The van der Waals surface area contributed by atoms with Gasteiger partial charge >= 0.3 is 0 Å². The summed E-state index contributed by atoms with van der Waals surface area (Å²) in [6, 6.07) is 15.7. The van der Waals surface area contributed by atoms with Gasteiger partial charge in [0.1, 0.15) is 5.75 Å². The molecule has 2 aromatic rings. The summed E-state index contributed by atoms with van der Waals surface area (Å²) in [5.74, 6) is 1.17. The third-order valence-electron chi connectivity index (χ3n) is 5.40. The quantitative estimate of drug-likeness (QED) is 0.672. The Hall–Kier alpha value is -2.66. The van der Waals surface area contributed by atoms with E-state index in [0.29, 0.717) is 17.2 Å². The standard InChI is InChI=1S/C24H30N2O3/c1-18(2)21-6-4-20(5-7-21)16-25-12-14-26(15-13-25)24(28)17-29-23-10-8-22(9-11-23)19(3)27/h4-11,18H,12-17H2,1-3H3. The number of piperazine rings is 1. The number of Topliss-reactive ketones (excluding diaryl/α,β-unsaturated/α-hetero) is 1. The first-order valence-corrected chi connectivity index (χ1v) is 10.2. The van der Waals surface area contributed by atoms with E-state index in [9.17, 15) is 9.59 Å². The maximum absolute atomic E-state index is 12.4. The van der Waals surface area contributed by atoms with E-state index in [-0.39, 0.29) is 18.3 Å². The molecule has 0 atom stereocenters. The van der Waals surface area contributed by atoms with E-state index < -0.39 is 0 Å². The van der Waals surface area contributed by atoms with E-state index in [0.717, 1.165) is 32.7 Å². The SMILES string of the molecule is CC(=O)c1ccc(OCC(=O)N2CCN(Cc3ccc(C(C)C)cc3)CC2)cc1. The van der Waals surface area contributed by atoms with Gasteiger partial charge in [-0.05, 0) is 48.2 Å². The normalized spacial score (nSPS) is 14.8. The third-order valence-corrected chi connectivity index (χ3v) is 5.40. The van der Waals surface area contributed by atoms with Gasteiger partial charge in [0.15, 0.2) is 12.4 Å². The molecule has 0 radical (unpaired) electrons. The van der Waals surface area contributed by atoms with Gasteiger partial charge in [-0.2, -0.15) is 0 Å². The van der Waals surface area contributed by atoms with Crippen molar-refractivity contribution < 1.29 is 14.3 Å². The fraction of sp³-hybridized carbons (Fsp3) is 0.417. The number of hydrogen-bond acceptors (Lipinski definition) is 4. The number of nitrogens with zero attached hydrogens (tertiary/aromatic N) is 2. The summed E-state index contributed by atoms with van der Waals surface area (Å²) >= 11 is 0. The average molecular weight is 395 g/mol. The Bertz CT molecular complexity index is 820. The second-order valence-electron chi connectivity index (χ2n) is 7.92. The van der Waals surface area contributed by atoms with E-state index >= 15 is 0 Å². The molecule has 5 heteroatoms. The molecule has 5 nitrogen and oxygen atoms in total. The van der Waals surface area contributed by atoms with Gasteiger partial charge < -0.3 is 9.64 Å². The molecule has 0 aromatic heterocycles. The molecule has 0 N–H and O–H groups in total. The van der Waals surface area contributed by atoms with Gasteiger partial charge in [-0.3, -0.25) is 14.5 Å². The van der Waals surface area contributed by atoms with Crippen molar-refractivity contribution in [1.29, 1.82) is 0 Å². The molecular formula is C24H30N2O3.